The molecule has 3 heteroatoms. The van der Waals surface area contributed by atoms with Crippen LogP contribution in [-0.4, -0.2) is 54.3 Å². The highest BCUT2D eigenvalue weighted by Gasteiger charge is 2.34. The molecule has 17 heavy (non-hydrogen) atoms. The standard InChI is InChI=1S/C14H26N2O/c1-3-14(17)5-4-9-16-10-8-12-6-7-13(11-16)15(12)2/h12-13H,3-11H2,1-2H3. The van der Waals surface area contributed by atoms with Crippen LogP contribution in [0.15, 0.2) is 0 Å². The molecule has 2 rings (SSSR count). The first-order chi connectivity index (χ1) is 8.20. The third-order valence-electron chi connectivity index (χ3n) is 4.56. The zero-order valence-electron chi connectivity index (χ0n) is 11.3. The van der Waals surface area contributed by atoms with E-state index in [1.807, 2.05) is 6.92 Å². The van der Waals surface area contributed by atoms with Crippen molar-refractivity contribution >= 4 is 5.78 Å². The molecule has 0 aromatic heterocycles. The van der Waals surface area contributed by atoms with E-state index in [-0.39, 0.29) is 0 Å². The summed E-state index contributed by atoms with van der Waals surface area (Å²) in [5, 5.41) is 0. The van der Waals surface area contributed by atoms with Crippen LogP contribution >= 0.6 is 0 Å². The van der Waals surface area contributed by atoms with Crippen molar-refractivity contribution in [2.24, 2.45) is 0 Å². The third-order valence-corrected chi connectivity index (χ3v) is 4.56. The molecule has 2 saturated heterocycles. The van der Waals surface area contributed by atoms with Gasteiger partial charge in [0.05, 0.1) is 0 Å². The second-order valence-corrected chi connectivity index (χ2v) is 5.64. The molecule has 3 nitrogen and oxygen atoms in total. The van der Waals surface area contributed by atoms with Crippen LogP contribution in [0.25, 0.3) is 0 Å². The van der Waals surface area contributed by atoms with E-state index in [0.717, 1.165) is 31.5 Å². The number of rotatable bonds is 5. The van der Waals surface area contributed by atoms with Gasteiger partial charge in [-0.05, 0) is 45.8 Å². The molecular weight excluding hydrogens is 212 g/mol. The zero-order chi connectivity index (χ0) is 12.3. The SMILES string of the molecule is CCC(=O)CCCN1CCC2CCC(C1)N2C. The van der Waals surface area contributed by atoms with Gasteiger partial charge in [-0.3, -0.25) is 9.69 Å². The molecule has 0 N–H and O–H groups in total. The van der Waals surface area contributed by atoms with Gasteiger partial charge in [-0.2, -0.15) is 0 Å². The quantitative estimate of drug-likeness (QED) is 0.731. The van der Waals surface area contributed by atoms with E-state index in [0.29, 0.717) is 12.2 Å². The predicted octanol–water partition coefficient (Wildman–Crippen LogP) is 1.91. The summed E-state index contributed by atoms with van der Waals surface area (Å²) in [5.74, 6) is 0.415. The molecule has 0 amide bonds. The molecule has 2 fully saturated rings. The summed E-state index contributed by atoms with van der Waals surface area (Å²) < 4.78 is 0. The lowest BCUT2D eigenvalue weighted by molar-refractivity contribution is -0.118. The Labute approximate surface area is 105 Å². The van der Waals surface area contributed by atoms with Crippen LogP contribution in [0.1, 0.15) is 45.4 Å². The highest BCUT2D eigenvalue weighted by atomic mass is 16.1. The maximum atomic E-state index is 11.3. The summed E-state index contributed by atoms with van der Waals surface area (Å²) in [4.78, 5) is 16.4. The topological polar surface area (TPSA) is 23.6 Å². The fourth-order valence-corrected chi connectivity index (χ4v) is 3.26. The lowest BCUT2D eigenvalue weighted by Gasteiger charge is -2.25. The molecule has 0 radical (unpaired) electrons. The maximum absolute atomic E-state index is 11.3. The van der Waals surface area contributed by atoms with Crippen LogP contribution in [0.2, 0.25) is 0 Å². The molecule has 98 valence electrons. The Morgan fingerprint density at radius 2 is 2.00 bits per heavy atom. The molecule has 0 aromatic rings. The first kappa shape index (κ1) is 13.0. The van der Waals surface area contributed by atoms with Gasteiger partial charge in [0.15, 0.2) is 0 Å². The van der Waals surface area contributed by atoms with Crippen LogP contribution in [-0.2, 0) is 4.79 Å². The van der Waals surface area contributed by atoms with Crippen molar-refractivity contribution in [3.63, 3.8) is 0 Å². The van der Waals surface area contributed by atoms with Crippen LogP contribution in [0.4, 0.5) is 0 Å². The van der Waals surface area contributed by atoms with Crippen molar-refractivity contribution in [3.05, 3.63) is 0 Å². The van der Waals surface area contributed by atoms with Gasteiger partial charge in [-0.1, -0.05) is 6.92 Å². The number of nitrogens with zero attached hydrogens (tertiary/aromatic N) is 2. The Morgan fingerprint density at radius 3 is 2.76 bits per heavy atom. The van der Waals surface area contributed by atoms with E-state index in [1.54, 1.807) is 0 Å². The van der Waals surface area contributed by atoms with E-state index < -0.39 is 0 Å². The molecule has 0 aromatic carbocycles. The van der Waals surface area contributed by atoms with Crippen LogP contribution in [0.3, 0.4) is 0 Å². The minimum absolute atomic E-state index is 0.415. The van der Waals surface area contributed by atoms with Crippen molar-refractivity contribution in [2.75, 3.05) is 26.7 Å². The van der Waals surface area contributed by atoms with E-state index in [4.69, 9.17) is 0 Å². The first-order valence-corrected chi connectivity index (χ1v) is 7.16. The molecule has 0 spiro atoms. The number of likely N-dealkylation sites (N-methyl/N-ethyl adjacent to an activating group) is 1. The third kappa shape index (κ3) is 3.29. The molecule has 2 unspecified atom stereocenters. The molecule has 2 aliphatic heterocycles. The summed E-state index contributed by atoms with van der Waals surface area (Å²) in [6.45, 7) is 5.52. The Kier molecular flexibility index (Phi) is 4.57. The Balaban J connectivity index is 1.73. The minimum atomic E-state index is 0.415. The first-order valence-electron chi connectivity index (χ1n) is 7.16. The molecule has 0 saturated carbocycles. The normalized spacial score (nSPS) is 30.5. The smallest absolute Gasteiger partial charge is 0.132 e. The van der Waals surface area contributed by atoms with Crippen molar-refractivity contribution in [1.29, 1.82) is 0 Å². The molecule has 2 aliphatic rings. The number of hydrogen-bond donors (Lipinski definition) is 0. The van der Waals surface area contributed by atoms with Gasteiger partial charge >= 0.3 is 0 Å². The van der Waals surface area contributed by atoms with Crippen LogP contribution < -0.4 is 0 Å². The second kappa shape index (κ2) is 5.96. The molecule has 2 heterocycles. The van der Waals surface area contributed by atoms with Crippen molar-refractivity contribution in [3.8, 4) is 0 Å². The number of hydrogen-bond acceptors (Lipinski definition) is 3. The van der Waals surface area contributed by atoms with E-state index in [1.165, 1.54) is 32.4 Å². The van der Waals surface area contributed by atoms with E-state index >= 15 is 0 Å². The van der Waals surface area contributed by atoms with Gasteiger partial charge in [0.25, 0.3) is 0 Å². The maximum Gasteiger partial charge on any atom is 0.132 e. The average molecular weight is 238 g/mol. The average Bonchev–Trinajstić information content (AvgIpc) is 2.56. The number of Topliss-reactive ketones (excluding diaryl/α,β-unsaturated/α-hetero) is 1. The van der Waals surface area contributed by atoms with Gasteiger partial charge in [-0.15, -0.1) is 0 Å². The molecule has 2 bridgehead atoms. The largest absolute Gasteiger partial charge is 0.302 e. The summed E-state index contributed by atoms with van der Waals surface area (Å²) in [5.41, 5.74) is 0. The van der Waals surface area contributed by atoms with Crippen LogP contribution in [0, 0.1) is 0 Å². The predicted molar refractivity (Wildman–Crippen MR) is 70.2 cm³/mol. The number of likely N-dealkylation sites (tertiary alicyclic amines) is 1. The molecule has 2 atom stereocenters. The van der Waals surface area contributed by atoms with E-state index in [9.17, 15) is 4.79 Å². The van der Waals surface area contributed by atoms with Crippen molar-refractivity contribution < 1.29 is 4.79 Å². The van der Waals surface area contributed by atoms with Gasteiger partial charge < -0.3 is 4.90 Å². The van der Waals surface area contributed by atoms with Gasteiger partial charge in [0, 0.05) is 31.5 Å². The van der Waals surface area contributed by atoms with Gasteiger partial charge in [0.1, 0.15) is 5.78 Å². The summed E-state index contributed by atoms with van der Waals surface area (Å²) >= 11 is 0. The monoisotopic (exact) mass is 238 g/mol. The summed E-state index contributed by atoms with van der Waals surface area (Å²) in [6, 6.07) is 1.59. The lowest BCUT2D eigenvalue weighted by atomic mass is 10.1. The van der Waals surface area contributed by atoms with E-state index in [2.05, 4.69) is 16.8 Å². The number of carbonyl (C=O) groups is 1. The number of carbonyl (C=O) groups excluding carboxylic acids is 1. The Hall–Kier alpha value is -0.410. The highest BCUT2D eigenvalue weighted by Crippen LogP contribution is 2.28. The van der Waals surface area contributed by atoms with Crippen molar-refractivity contribution in [2.45, 2.75) is 57.5 Å². The Bertz CT molecular complexity index is 267. The lowest BCUT2D eigenvalue weighted by Crippen LogP contribution is -2.37. The van der Waals surface area contributed by atoms with Crippen LogP contribution in [0.5, 0.6) is 0 Å². The van der Waals surface area contributed by atoms with Gasteiger partial charge in [-0.25, -0.2) is 0 Å². The minimum Gasteiger partial charge on any atom is -0.302 e. The summed E-state index contributed by atoms with van der Waals surface area (Å²) in [7, 11) is 2.28. The summed E-state index contributed by atoms with van der Waals surface area (Å²) in [6.07, 6.45) is 6.60. The fourth-order valence-electron chi connectivity index (χ4n) is 3.26. The molecular formula is C14H26N2O. The van der Waals surface area contributed by atoms with Crippen molar-refractivity contribution in [1.82, 2.24) is 9.80 Å². The number of fused-ring (bicyclic) bond motifs is 2. The molecule has 0 aliphatic carbocycles. The zero-order valence-corrected chi connectivity index (χ0v) is 11.3. The van der Waals surface area contributed by atoms with Gasteiger partial charge in [0.2, 0.25) is 0 Å². The fraction of sp³-hybridized carbons (Fsp3) is 0.929. The second-order valence-electron chi connectivity index (χ2n) is 5.64. The Morgan fingerprint density at radius 1 is 1.24 bits per heavy atom. The number of ketones is 1. The highest BCUT2D eigenvalue weighted by molar-refractivity contribution is 5.77.